The molecule has 0 saturated heterocycles. The maximum absolute atomic E-state index is 12.9. The smallest absolute Gasteiger partial charge is 0.270 e. The Hall–Kier alpha value is -3.47. The van der Waals surface area contributed by atoms with Crippen molar-refractivity contribution in [3.05, 3.63) is 101 Å². The van der Waals surface area contributed by atoms with E-state index in [9.17, 15) is 9.59 Å². The van der Waals surface area contributed by atoms with Crippen molar-refractivity contribution in [1.29, 1.82) is 0 Å². The summed E-state index contributed by atoms with van der Waals surface area (Å²) in [6, 6.07) is 22.7. The van der Waals surface area contributed by atoms with E-state index in [1.807, 2.05) is 67.6 Å². The van der Waals surface area contributed by atoms with E-state index in [0.29, 0.717) is 25.2 Å². The van der Waals surface area contributed by atoms with Gasteiger partial charge in [0, 0.05) is 31.4 Å². The molecule has 0 atom stereocenters. The molecule has 0 radical (unpaired) electrons. The fourth-order valence-electron chi connectivity index (χ4n) is 2.87. The van der Waals surface area contributed by atoms with Gasteiger partial charge in [0.25, 0.3) is 11.8 Å². The summed E-state index contributed by atoms with van der Waals surface area (Å²) >= 11 is 0. The number of nitrogens with one attached hydrogen (secondary N) is 1. The molecule has 0 aliphatic heterocycles. The Morgan fingerprint density at radius 3 is 2.21 bits per heavy atom. The second-order valence-electron chi connectivity index (χ2n) is 6.40. The number of hydrogen-bond acceptors (Lipinski definition) is 3. The number of hydrogen-bond donors (Lipinski definition) is 1. The van der Waals surface area contributed by atoms with Crippen molar-refractivity contribution in [1.82, 2.24) is 15.2 Å². The van der Waals surface area contributed by atoms with Crippen molar-refractivity contribution < 1.29 is 9.59 Å². The SMILES string of the molecule is CCN(Cc1ccccc1)C(=O)c1ccnc(C(=O)NCc2ccccc2)c1. The minimum Gasteiger partial charge on any atom is -0.347 e. The van der Waals surface area contributed by atoms with Crippen LogP contribution in [0.25, 0.3) is 0 Å². The van der Waals surface area contributed by atoms with Crippen LogP contribution in [-0.4, -0.2) is 28.2 Å². The standard InChI is InChI=1S/C23H23N3O2/c1-2-26(17-19-11-7-4-8-12-19)23(28)20-13-14-24-21(15-20)22(27)25-16-18-9-5-3-6-10-18/h3-15H,2,16-17H2,1H3,(H,25,27). The molecule has 0 saturated carbocycles. The molecular formula is C23H23N3O2. The van der Waals surface area contributed by atoms with Crippen molar-refractivity contribution >= 4 is 11.8 Å². The van der Waals surface area contributed by atoms with Crippen LogP contribution in [0.5, 0.6) is 0 Å². The molecule has 0 bridgehead atoms. The first-order chi connectivity index (χ1) is 13.7. The zero-order valence-electron chi connectivity index (χ0n) is 15.8. The summed E-state index contributed by atoms with van der Waals surface area (Å²) in [5, 5.41) is 2.84. The molecule has 3 aromatic rings. The maximum Gasteiger partial charge on any atom is 0.270 e. The van der Waals surface area contributed by atoms with Gasteiger partial charge < -0.3 is 10.2 Å². The Morgan fingerprint density at radius 1 is 0.929 bits per heavy atom. The first-order valence-corrected chi connectivity index (χ1v) is 9.28. The van der Waals surface area contributed by atoms with Crippen LogP contribution in [0.3, 0.4) is 0 Å². The van der Waals surface area contributed by atoms with Gasteiger partial charge in [-0.25, -0.2) is 0 Å². The summed E-state index contributed by atoms with van der Waals surface area (Å²) in [5.41, 5.74) is 2.76. The second kappa shape index (κ2) is 9.46. The highest BCUT2D eigenvalue weighted by Crippen LogP contribution is 2.11. The molecule has 0 unspecified atom stereocenters. The molecule has 0 aliphatic rings. The lowest BCUT2D eigenvalue weighted by molar-refractivity contribution is 0.0752. The molecule has 1 aromatic heterocycles. The van der Waals surface area contributed by atoms with Gasteiger partial charge in [0.2, 0.25) is 0 Å². The fourth-order valence-corrected chi connectivity index (χ4v) is 2.87. The monoisotopic (exact) mass is 373 g/mol. The van der Waals surface area contributed by atoms with Crippen LogP contribution in [-0.2, 0) is 13.1 Å². The number of carbonyl (C=O) groups excluding carboxylic acids is 2. The number of nitrogens with zero attached hydrogens (tertiary/aromatic N) is 2. The molecule has 142 valence electrons. The van der Waals surface area contributed by atoms with Gasteiger partial charge in [0.1, 0.15) is 5.69 Å². The van der Waals surface area contributed by atoms with Gasteiger partial charge in [-0.2, -0.15) is 0 Å². The van der Waals surface area contributed by atoms with Crippen LogP contribution in [0.1, 0.15) is 38.9 Å². The van der Waals surface area contributed by atoms with Crippen LogP contribution in [0.15, 0.2) is 79.0 Å². The van der Waals surface area contributed by atoms with Crippen LogP contribution >= 0.6 is 0 Å². The molecule has 2 amide bonds. The maximum atomic E-state index is 12.9. The largest absolute Gasteiger partial charge is 0.347 e. The Balaban J connectivity index is 1.68. The van der Waals surface area contributed by atoms with Crippen LogP contribution < -0.4 is 5.32 Å². The lowest BCUT2D eigenvalue weighted by Gasteiger charge is -2.21. The van der Waals surface area contributed by atoms with Crippen molar-refractivity contribution in [2.24, 2.45) is 0 Å². The van der Waals surface area contributed by atoms with E-state index in [2.05, 4.69) is 10.3 Å². The van der Waals surface area contributed by atoms with Gasteiger partial charge in [-0.15, -0.1) is 0 Å². The average molecular weight is 373 g/mol. The van der Waals surface area contributed by atoms with Gasteiger partial charge in [-0.1, -0.05) is 60.7 Å². The number of carbonyl (C=O) groups is 2. The third-order valence-electron chi connectivity index (χ3n) is 4.42. The molecular weight excluding hydrogens is 350 g/mol. The second-order valence-corrected chi connectivity index (χ2v) is 6.40. The van der Waals surface area contributed by atoms with E-state index in [0.717, 1.165) is 11.1 Å². The van der Waals surface area contributed by atoms with Crippen molar-refractivity contribution in [2.75, 3.05) is 6.54 Å². The zero-order chi connectivity index (χ0) is 19.8. The molecule has 1 N–H and O–H groups in total. The Labute approximate surface area is 165 Å². The Bertz CT molecular complexity index is 927. The summed E-state index contributed by atoms with van der Waals surface area (Å²) in [7, 11) is 0. The van der Waals surface area contributed by atoms with E-state index < -0.39 is 0 Å². The van der Waals surface area contributed by atoms with Gasteiger partial charge in [0.15, 0.2) is 0 Å². The van der Waals surface area contributed by atoms with E-state index in [1.165, 1.54) is 6.20 Å². The molecule has 0 spiro atoms. The highest BCUT2D eigenvalue weighted by Gasteiger charge is 2.17. The summed E-state index contributed by atoms with van der Waals surface area (Å²) in [5.74, 6) is -0.421. The minimum atomic E-state index is -0.301. The number of amides is 2. The summed E-state index contributed by atoms with van der Waals surface area (Å²) < 4.78 is 0. The van der Waals surface area contributed by atoms with Crippen molar-refractivity contribution in [3.8, 4) is 0 Å². The van der Waals surface area contributed by atoms with E-state index >= 15 is 0 Å². The predicted molar refractivity (Wildman–Crippen MR) is 109 cm³/mol. The lowest BCUT2D eigenvalue weighted by Crippen LogP contribution is -2.31. The quantitative estimate of drug-likeness (QED) is 0.687. The number of benzene rings is 2. The molecule has 0 aliphatic carbocycles. The molecule has 3 rings (SSSR count). The summed E-state index contributed by atoms with van der Waals surface area (Å²) in [4.78, 5) is 31.2. The van der Waals surface area contributed by atoms with Crippen molar-refractivity contribution in [2.45, 2.75) is 20.0 Å². The molecule has 28 heavy (non-hydrogen) atoms. The predicted octanol–water partition coefficient (Wildman–Crippen LogP) is 3.67. The zero-order valence-corrected chi connectivity index (χ0v) is 15.8. The number of rotatable bonds is 7. The van der Waals surface area contributed by atoms with Gasteiger partial charge in [-0.05, 0) is 30.2 Å². The van der Waals surface area contributed by atoms with E-state index in [4.69, 9.17) is 0 Å². The third-order valence-corrected chi connectivity index (χ3v) is 4.42. The van der Waals surface area contributed by atoms with Crippen LogP contribution in [0.4, 0.5) is 0 Å². The van der Waals surface area contributed by atoms with Gasteiger partial charge in [-0.3, -0.25) is 14.6 Å². The van der Waals surface area contributed by atoms with E-state index in [-0.39, 0.29) is 17.5 Å². The molecule has 0 fully saturated rings. The van der Waals surface area contributed by atoms with Gasteiger partial charge >= 0.3 is 0 Å². The molecule has 1 heterocycles. The first kappa shape index (κ1) is 19.3. The Kier molecular flexibility index (Phi) is 6.52. The summed E-state index contributed by atoms with van der Waals surface area (Å²) in [6.07, 6.45) is 1.50. The number of aromatic nitrogens is 1. The van der Waals surface area contributed by atoms with Gasteiger partial charge in [0.05, 0.1) is 0 Å². The molecule has 5 heteroatoms. The van der Waals surface area contributed by atoms with E-state index in [1.54, 1.807) is 17.0 Å². The first-order valence-electron chi connectivity index (χ1n) is 9.28. The molecule has 2 aromatic carbocycles. The molecule has 5 nitrogen and oxygen atoms in total. The summed E-state index contributed by atoms with van der Waals surface area (Å²) in [6.45, 7) is 3.45. The average Bonchev–Trinajstić information content (AvgIpc) is 2.77. The number of pyridine rings is 1. The minimum absolute atomic E-state index is 0.120. The Morgan fingerprint density at radius 2 is 1.57 bits per heavy atom. The fraction of sp³-hybridized carbons (Fsp3) is 0.174. The lowest BCUT2D eigenvalue weighted by atomic mass is 10.1. The normalized spacial score (nSPS) is 10.3. The van der Waals surface area contributed by atoms with Crippen LogP contribution in [0.2, 0.25) is 0 Å². The topological polar surface area (TPSA) is 62.3 Å². The highest BCUT2D eigenvalue weighted by molar-refractivity contribution is 5.98. The highest BCUT2D eigenvalue weighted by atomic mass is 16.2. The van der Waals surface area contributed by atoms with Crippen molar-refractivity contribution in [3.63, 3.8) is 0 Å². The van der Waals surface area contributed by atoms with Crippen LogP contribution in [0, 0.1) is 0 Å². The third kappa shape index (κ3) is 5.04.